The second-order valence-electron chi connectivity index (χ2n) is 7.78. The van der Waals surface area contributed by atoms with Gasteiger partial charge in [-0.1, -0.05) is 31.2 Å². The van der Waals surface area contributed by atoms with Gasteiger partial charge >= 0.3 is 0 Å². The van der Waals surface area contributed by atoms with Gasteiger partial charge in [0.25, 0.3) is 11.5 Å². The average molecular weight is 389 g/mol. The Morgan fingerprint density at radius 1 is 1.03 bits per heavy atom. The van der Waals surface area contributed by atoms with Gasteiger partial charge in [-0.2, -0.15) is 0 Å². The maximum Gasteiger partial charge on any atom is 0.254 e. The number of carbonyl (C=O) groups is 1. The number of hydrogen-bond acceptors (Lipinski definition) is 3. The second-order valence-corrected chi connectivity index (χ2v) is 7.78. The van der Waals surface area contributed by atoms with Crippen LogP contribution in [0.3, 0.4) is 0 Å². The molecule has 4 rings (SSSR count). The first-order chi connectivity index (χ1) is 14.0. The lowest BCUT2D eigenvalue weighted by molar-refractivity contribution is 0.0627. The lowest BCUT2D eigenvalue weighted by Gasteiger charge is -2.35. The van der Waals surface area contributed by atoms with E-state index in [1.54, 1.807) is 0 Å². The summed E-state index contributed by atoms with van der Waals surface area (Å²) in [5.41, 5.74) is 4.68. The van der Waals surface area contributed by atoms with Crippen molar-refractivity contribution in [2.24, 2.45) is 0 Å². The number of piperazine rings is 1. The Bertz CT molecular complexity index is 1090. The zero-order valence-electron chi connectivity index (χ0n) is 17.1. The SMILES string of the molecule is CCc1ccc2[nH]c(=O)c(CN3CCN(C(=O)c4ccccc4C)CC3)cc2c1. The van der Waals surface area contributed by atoms with Gasteiger partial charge in [-0.3, -0.25) is 14.5 Å². The maximum atomic E-state index is 12.8. The number of H-pyrrole nitrogens is 1. The first kappa shape index (κ1) is 19.4. The van der Waals surface area contributed by atoms with E-state index in [-0.39, 0.29) is 11.5 Å². The molecule has 0 unspecified atom stereocenters. The van der Waals surface area contributed by atoms with E-state index in [0.717, 1.165) is 47.1 Å². The van der Waals surface area contributed by atoms with E-state index < -0.39 is 0 Å². The molecule has 1 N–H and O–H groups in total. The van der Waals surface area contributed by atoms with Gasteiger partial charge in [0, 0.05) is 49.4 Å². The minimum atomic E-state index is -0.0276. The Morgan fingerprint density at radius 3 is 2.52 bits per heavy atom. The number of aromatic amines is 1. The van der Waals surface area contributed by atoms with Gasteiger partial charge in [0.05, 0.1) is 0 Å². The maximum absolute atomic E-state index is 12.8. The Kier molecular flexibility index (Phi) is 5.49. The molecular weight excluding hydrogens is 362 g/mol. The van der Waals surface area contributed by atoms with Gasteiger partial charge in [0.15, 0.2) is 0 Å². The predicted molar refractivity (Wildman–Crippen MR) is 116 cm³/mol. The fourth-order valence-corrected chi connectivity index (χ4v) is 3.97. The molecule has 5 nitrogen and oxygen atoms in total. The monoisotopic (exact) mass is 389 g/mol. The lowest BCUT2D eigenvalue weighted by Crippen LogP contribution is -2.48. The van der Waals surface area contributed by atoms with E-state index in [9.17, 15) is 9.59 Å². The number of nitrogens with zero attached hydrogens (tertiary/aromatic N) is 2. The third kappa shape index (κ3) is 4.10. The molecule has 150 valence electrons. The van der Waals surface area contributed by atoms with E-state index in [2.05, 4.69) is 28.9 Å². The van der Waals surface area contributed by atoms with Crippen molar-refractivity contribution in [3.63, 3.8) is 0 Å². The summed E-state index contributed by atoms with van der Waals surface area (Å²) in [7, 11) is 0. The largest absolute Gasteiger partial charge is 0.336 e. The molecule has 2 heterocycles. The standard InChI is InChI=1S/C24H27N3O2/c1-3-18-8-9-22-19(14-18)15-20(23(28)25-22)16-26-10-12-27(13-11-26)24(29)21-7-5-4-6-17(21)2/h4-9,14-15H,3,10-13,16H2,1-2H3,(H,25,28). The van der Waals surface area contributed by atoms with Crippen molar-refractivity contribution in [2.45, 2.75) is 26.8 Å². The van der Waals surface area contributed by atoms with Crippen LogP contribution >= 0.6 is 0 Å². The third-order valence-electron chi connectivity index (χ3n) is 5.82. The first-order valence-corrected chi connectivity index (χ1v) is 10.3. The van der Waals surface area contributed by atoms with Crippen LogP contribution in [0, 0.1) is 6.92 Å². The Labute approximate surface area is 171 Å². The number of rotatable bonds is 4. The number of benzene rings is 2. The third-order valence-corrected chi connectivity index (χ3v) is 5.82. The minimum Gasteiger partial charge on any atom is -0.336 e. The minimum absolute atomic E-state index is 0.0276. The summed E-state index contributed by atoms with van der Waals surface area (Å²) in [4.78, 5) is 32.5. The van der Waals surface area contributed by atoms with Crippen LogP contribution < -0.4 is 5.56 Å². The average Bonchev–Trinajstić information content (AvgIpc) is 2.74. The van der Waals surface area contributed by atoms with Crippen molar-refractivity contribution in [1.29, 1.82) is 0 Å². The van der Waals surface area contributed by atoms with Crippen LogP contribution in [0.1, 0.15) is 34.0 Å². The normalized spacial score (nSPS) is 15.0. The van der Waals surface area contributed by atoms with Crippen molar-refractivity contribution >= 4 is 16.8 Å². The molecule has 1 aliphatic heterocycles. The van der Waals surface area contributed by atoms with Crippen LogP contribution in [-0.2, 0) is 13.0 Å². The summed E-state index contributed by atoms with van der Waals surface area (Å²) in [6, 6.07) is 15.9. The summed E-state index contributed by atoms with van der Waals surface area (Å²) in [5, 5.41) is 1.08. The molecule has 0 atom stereocenters. The predicted octanol–water partition coefficient (Wildman–Crippen LogP) is 3.36. The molecule has 2 aromatic carbocycles. The molecule has 0 spiro atoms. The number of hydrogen-bond donors (Lipinski definition) is 1. The van der Waals surface area contributed by atoms with Gasteiger partial charge in [-0.25, -0.2) is 0 Å². The summed E-state index contributed by atoms with van der Waals surface area (Å²) in [5.74, 6) is 0.0957. The molecule has 3 aromatic rings. The van der Waals surface area contributed by atoms with Gasteiger partial charge in [0.2, 0.25) is 0 Å². The second kappa shape index (κ2) is 8.21. The van der Waals surface area contributed by atoms with Crippen molar-refractivity contribution in [3.05, 3.63) is 81.1 Å². The summed E-state index contributed by atoms with van der Waals surface area (Å²) in [6.45, 7) is 7.60. The Morgan fingerprint density at radius 2 is 1.79 bits per heavy atom. The molecule has 1 aliphatic rings. The fourth-order valence-electron chi connectivity index (χ4n) is 3.97. The number of aryl methyl sites for hydroxylation is 2. The number of aromatic nitrogens is 1. The molecule has 1 aromatic heterocycles. The van der Waals surface area contributed by atoms with Gasteiger partial charge in [-0.05, 0) is 54.1 Å². The van der Waals surface area contributed by atoms with Crippen LogP contribution in [0.15, 0.2) is 53.3 Å². The topological polar surface area (TPSA) is 56.4 Å². The van der Waals surface area contributed by atoms with E-state index in [4.69, 9.17) is 0 Å². The van der Waals surface area contributed by atoms with E-state index in [0.29, 0.717) is 19.6 Å². The Balaban J connectivity index is 1.44. The molecule has 0 radical (unpaired) electrons. The highest BCUT2D eigenvalue weighted by molar-refractivity contribution is 5.95. The number of carbonyl (C=O) groups excluding carboxylic acids is 1. The van der Waals surface area contributed by atoms with Crippen LogP contribution in [0.5, 0.6) is 0 Å². The molecule has 1 saturated heterocycles. The van der Waals surface area contributed by atoms with Gasteiger partial charge < -0.3 is 9.88 Å². The summed E-state index contributed by atoms with van der Waals surface area (Å²) < 4.78 is 0. The fraction of sp³-hybridized carbons (Fsp3) is 0.333. The lowest BCUT2D eigenvalue weighted by atomic mass is 10.1. The van der Waals surface area contributed by atoms with E-state index in [1.807, 2.05) is 48.2 Å². The van der Waals surface area contributed by atoms with Crippen LogP contribution in [0.25, 0.3) is 10.9 Å². The molecule has 5 heteroatoms. The van der Waals surface area contributed by atoms with Crippen molar-refractivity contribution < 1.29 is 4.79 Å². The van der Waals surface area contributed by atoms with Crippen molar-refractivity contribution in [3.8, 4) is 0 Å². The highest BCUT2D eigenvalue weighted by Gasteiger charge is 2.23. The molecule has 29 heavy (non-hydrogen) atoms. The van der Waals surface area contributed by atoms with Crippen LogP contribution in [0.2, 0.25) is 0 Å². The van der Waals surface area contributed by atoms with Crippen LogP contribution in [0.4, 0.5) is 0 Å². The van der Waals surface area contributed by atoms with E-state index in [1.165, 1.54) is 5.56 Å². The molecule has 0 aliphatic carbocycles. The Hall–Kier alpha value is -2.92. The van der Waals surface area contributed by atoms with Crippen LogP contribution in [-0.4, -0.2) is 46.9 Å². The number of nitrogens with one attached hydrogen (secondary N) is 1. The highest BCUT2D eigenvalue weighted by atomic mass is 16.2. The molecule has 1 amide bonds. The highest BCUT2D eigenvalue weighted by Crippen LogP contribution is 2.17. The zero-order chi connectivity index (χ0) is 20.4. The van der Waals surface area contributed by atoms with Gasteiger partial charge in [0.1, 0.15) is 0 Å². The van der Waals surface area contributed by atoms with Crippen molar-refractivity contribution in [2.75, 3.05) is 26.2 Å². The van der Waals surface area contributed by atoms with E-state index >= 15 is 0 Å². The molecular formula is C24H27N3O2. The van der Waals surface area contributed by atoms with Crippen molar-refractivity contribution in [1.82, 2.24) is 14.8 Å². The zero-order valence-corrected chi connectivity index (χ0v) is 17.1. The smallest absolute Gasteiger partial charge is 0.254 e. The first-order valence-electron chi connectivity index (χ1n) is 10.3. The quantitative estimate of drug-likeness (QED) is 0.744. The molecule has 1 fully saturated rings. The molecule has 0 saturated carbocycles. The molecule has 0 bridgehead atoms. The van der Waals surface area contributed by atoms with Gasteiger partial charge in [-0.15, -0.1) is 0 Å². The number of pyridine rings is 1. The summed E-state index contributed by atoms with van der Waals surface area (Å²) in [6.07, 6.45) is 0.973. The summed E-state index contributed by atoms with van der Waals surface area (Å²) >= 11 is 0. The number of amides is 1. The number of fused-ring (bicyclic) bond motifs is 1.